The van der Waals surface area contributed by atoms with Gasteiger partial charge in [-0.3, -0.25) is 9.20 Å². The molecule has 0 atom stereocenters. The highest BCUT2D eigenvalue weighted by Crippen LogP contribution is 2.19. The summed E-state index contributed by atoms with van der Waals surface area (Å²) in [6.07, 6.45) is 5.46. The van der Waals surface area contributed by atoms with Crippen molar-refractivity contribution in [2.24, 2.45) is 0 Å². The Bertz CT molecular complexity index is 551. The number of aliphatic hydroxyl groups is 1. The normalized spacial score (nSPS) is 10.8. The van der Waals surface area contributed by atoms with Gasteiger partial charge in [0.25, 0.3) is 0 Å². The third-order valence-electron chi connectivity index (χ3n) is 3.17. The molecule has 0 unspecified atom stereocenters. The summed E-state index contributed by atoms with van der Waals surface area (Å²) in [5.41, 5.74) is 1.36. The molecule has 2 heterocycles. The molecule has 19 heavy (non-hydrogen) atoms. The Balaban J connectivity index is 2.16. The van der Waals surface area contributed by atoms with Crippen molar-refractivity contribution >= 4 is 17.8 Å². The van der Waals surface area contributed by atoms with Crippen molar-refractivity contribution in [3.63, 3.8) is 0 Å². The Morgan fingerprint density at radius 2 is 2.21 bits per heavy atom. The van der Waals surface area contributed by atoms with Gasteiger partial charge in [0.2, 0.25) is 0 Å². The molecular formula is C14H19N3O2. The van der Waals surface area contributed by atoms with Crippen molar-refractivity contribution < 1.29 is 9.90 Å². The lowest BCUT2D eigenvalue weighted by molar-refractivity contribution is 0.111. The summed E-state index contributed by atoms with van der Waals surface area (Å²) in [5.74, 6) is 0.713. The Hall–Kier alpha value is -1.88. The van der Waals surface area contributed by atoms with Crippen LogP contribution in [0.3, 0.4) is 0 Å². The SMILES string of the molecule is CN(CCCCCO)c1nc2ccccn2c1C=O. The third-order valence-corrected chi connectivity index (χ3v) is 3.17. The average Bonchev–Trinajstić information content (AvgIpc) is 2.82. The number of imidazole rings is 1. The van der Waals surface area contributed by atoms with Crippen LogP contribution in [-0.4, -0.2) is 41.0 Å². The molecule has 5 nitrogen and oxygen atoms in total. The Morgan fingerprint density at radius 3 is 2.95 bits per heavy atom. The van der Waals surface area contributed by atoms with Crippen molar-refractivity contribution in [2.45, 2.75) is 19.3 Å². The topological polar surface area (TPSA) is 57.8 Å². The Kier molecular flexibility index (Phi) is 4.52. The fraction of sp³-hybridized carbons (Fsp3) is 0.429. The molecule has 2 rings (SSSR count). The van der Waals surface area contributed by atoms with Gasteiger partial charge in [-0.15, -0.1) is 0 Å². The molecule has 0 aliphatic heterocycles. The van der Waals surface area contributed by atoms with Crippen LogP contribution in [0.5, 0.6) is 0 Å². The van der Waals surface area contributed by atoms with Gasteiger partial charge >= 0.3 is 0 Å². The van der Waals surface area contributed by atoms with E-state index in [0.717, 1.165) is 37.7 Å². The van der Waals surface area contributed by atoms with E-state index in [1.807, 2.05) is 36.3 Å². The summed E-state index contributed by atoms with van der Waals surface area (Å²) in [6, 6.07) is 5.67. The van der Waals surface area contributed by atoms with Gasteiger partial charge in [-0.2, -0.15) is 0 Å². The number of aromatic nitrogens is 2. The van der Waals surface area contributed by atoms with E-state index in [4.69, 9.17) is 5.11 Å². The maximum atomic E-state index is 11.3. The molecule has 0 fully saturated rings. The van der Waals surface area contributed by atoms with Gasteiger partial charge in [0.1, 0.15) is 11.3 Å². The number of anilines is 1. The lowest BCUT2D eigenvalue weighted by Gasteiger charge is -2.16. The first-order valence-corrected chi connectivity index (χ1v) is 6.52. The minimum atomic E-state index is 0.234. The molecule has 0 bridgehead atoms. The molecule has 2 aromatic rings. The minimum absolute atomic E-state index is 0.234. The number of pyridine rings is 1. The quantitative estimate of drug-likeness (QED) is 0.609. The maximum absolute atomic E-state index is 11.3. The van der Waals surface area contributed by atoms with Crippen molar-refractivity contribution in [2.75, 3.05) is 25.1 Å². The van der Waals surface area contributed by atoms with E-state index in [1.165, 1.54) is 0 Å². The van der Waals surface area contributed by atoms with E-state index in [0.29, 0.717) is 11.5 Å². The highest BCUT2D eigenvalue weighted by Gasteiger charge is 2.14. The van der Waals surface area contributed by atoms with E-state index in [2.05, 4.69) is 4.98 Å². The zero-order valence-corrected chi connectivity index (χ0v) is 11.1. The molecule has 102 valence electrons. The summed E-state index contributed by atoms with van der Waals surface area (Å²) in [7, 11) is 1.94. The molecule has 0 saturated carbocycles. The number of carbonyl (C=O) groups is 1. The van der Waals surface area contributed by atoms with E-state index in [9.17, 15) is 4.79 Å². The molecule has 0 aromatic carbocycles. The highest BCUT2D eigenvalue weighted by atomic mass is 16.2. The van der Waals surface area contributed by atoms with Gasteiger partial charge in [-0.1, -0.05) is 6.07 Å². The summed E-state index contributed by atoms with van der Waals surface area (Å²) in [5, 5.41) is 8.75. The van der Waals surface area contributed by atoms with E-state index >= 15 is 0 Å². The molecule has 2 aromatic heterocycles. The van der Waals surface area contributed by atoms with Gasteiger partial charge in [0, 0.05) is 26.4 Å². The molecule has 0 amide bonds. The van der Waals surface area contributed by atoms with Crippen LogP contribution in [0.1, 0.15) is 29.8 Å². The zero-order chi connectivity index (χ0) is 13.7. The lowest BCUT2D eigenvalue weighted by atomic mass is 10.2. The third kappa shape index (κ3) is 2.93. The van der Waals surface area contributed by atoms with Crippen molar-refractivity contribution in [3.8, 4) is 0 Å². The number of unbranched alkanes of at least 4 members (excludes halogenated alkanes) is 2. The van der Waals surface area contributed by atoms with Crippen LogP contribution in [0, 0.1) is 0 Å². The monoisotopic (exact) mass is 261 g/mol. The highest BCUT2D eigenvalue weighted by molar-refractivity contribution is 5.83. The molecule has 5 heteroatoms. The van der Waals surface area contributed by atoms with Crippen LogP contribution in [0.2, 0.25) is 0 Å². The van der Waals surface area contributed by atoms with E-state index < -0.39 is 0 Å². The number of carbonyl (C=O) groups excluding carboxylic acids is 1. The predicted molar refractivity (Wildman–Crippen MR) is 74.8 cm³/mol. The average molecular weight is 261 g/mol. The Labute approximate surface area is 112 Å². The van der Waals surface area contributed by atoms with Crippen LogP contribution < -0.4 is 4.90 Å². The van der Waals surface area contributed by atoms with Crippen molar-refractivity contribution in [1.82, 2.24) is 9.38 Å². The minimum Gasteiger partial charge on any atom is -0.396 e. The van der Waals surface area contributed by atoms with Crippen molar-refractivity contribution in [3.05, 3.63) is 30.1 Å². The standard InChI is InChI=1S/C14H19N3O2/c1-16(8-4-2-6-10-18)14-12(11-19)17-9-5-3-7-13(17)15-14/h3,5,7,9,11,18H,2,4,6,8,10H2,1H3. The van der Waals surface area contributed by atoms with Crippen LogP contribution in [0.25, 0.3) is 5.65 Å². The number of aliphatic hydroxyl groups excluding tert-OH is 1. The van der Waals surface area contributed by atoms with Gasteiger partial charge < -0.3 is 10.0 Å². The largest absolute Gasteiger partial charge is 0.396 e. The van der Waals surface area contributed by atoms with Crippen molar-refractivity contribution in [1.29, 1.82) is 0 Å². The molecule has 1 N–H and O–H groups in total. The molecule has 0 aliphatic rings. The number of hydrogen-bond acceptors (Lipinski definition) is 4. The fourth-order valence-corrected chi connectivity index (χ4v) is 2.14. The van der Waals surface area contributed by atoms with Gasteiger partial charge in [0.15, 0.2) is 12.1 Å². The lowest BCUT2D eigenvalue weighted by Crippen LogP contribution is -2.20. The van der Waals surface area contributed by atoms with Crippen LogP contribution in [0.15, 0.2) is 24.4 Å². The smallest absolute Gasteiger partial charge is 0.170 e. The first-order chi connectivity index (χ1) is 9.27. The van der Waals surface area contributed by atoms with Gasteiger partial charge in [-0.25, -0.2) is 4.98 Å². The summed E-state index contributed by atoms with van der Waals surface area (Å²) >= 11 is 0. The summed E-state index contributed by atoms with van der Waals surface area (Å²) in [6.45, 7) is 1.06. The van der Waals surface area contributed by atoms with Crippen LogP contribution in [0.4, 0.5) is 5.82 Å². The second kappa shape index (κ2) is 6.33. The first kappa shape index (κ1) is 13.5. The molecule has 0 radical (unpaired) electrons. The fourth-order valence-electron chi connectivity index (χ4n) is 2.14. The molecule has 0 saturated heterocycles. The molecule has 0 spiro atoms. The van der Waals surface area contributed by atoms with Crippen LogP contribution in [-0.2, 0) is 0 Å². The predicted octanol–water partition coefficient (Wildman–Crippen LogP) is 1.75. The van der Waals surface area contributed by atoms with Crippen LogP contribution >= 0.6 is 0 Å². The Morgan fingerprint density at radius 1 is 1.37 bits per heavy atom. The number of fused-ring (bicyclic) bond motifs is 1. The summed E-state index contributed by atoms with van der Waals surface area (Å²) < 4.78 is 1.80. The first-order valence-electron chi connectivity index (χ1n) is 6.52. The van der Waals surface area contributed by atoms with E-state index in [1.54, 1.807) is 4.40 Å². The second-order valence-corrected chi connectivity index (χ2v) is 4.57. The number of aldehydes is 1. The van der Waals surface area contributed by atoms with Gasteiger partial charge in [-0.05, 0) is 31.4 Å². The summed E-state index contributed by atoms with van der Waals surface area (Å²) in [4.78, 5) is 17.7. The van der Waals surface area contributed by atoms with E-state index in [-0.39, 0.29) is 6.61 Å². The molecule has 0 aliphatic carbocycles. The second-order valence-electron chi connectivity index (χ2n) is 4.57. The molecular weight excluding hydrogens is 242 g/mol. The number of rotatable bonds is 7. The zero-order valence-electron chi connectivity index (χ0n) is 11.1. The number of hydrogen-bond donors (Lipinski definition) is 1. The van der Waals surface area contributed by atoms with Gasteiger partial charge in [0.05, 0.1) is 0 Å². The number of nitrogens with zero attached hydrogens (tertiary/aromatic N) is 3. The maximum Gasteiger partial charge on any atom is 0.170 e.